The van der Waals surface area contributed by atoms with E-state index in [2.05, 4.69) is 15.9 Å². The van der Waals surface area contributed by atoms with Crippen molar-refractivity contribution in [3.63, 3.8) is 0 Å². The molecular formula is C17H15BrN2O3. The van der Waals surface area contributed by atoms with Crippen LogP contribution < -0.4 is 11.1 Å². The van der Waals surface area contributed by atoms with Gasteiger partial charge in [0.15, 0.2) is 0 Å². The number of alkyl halides is 1. The zero-order chi connectivity index (χ0) is 16.4. The predicted molar refractivity (Wildman–Crippen MR) is 93.3 cm³/mol. The maximum Gasteiger partial charge on any atom is 0.273 e. The molecule has 0 fully saturated rings. The van der Waals surface area contributed by atoms with Crippen LogP contribution in [-0.2, 0) is 13.1 Å². The molecule has 23 heavy (non-hydrogen) atoms. The molecular weight excluding hydrogens is 360 g/mol. The molecule has 1 N–H and O–H groups in total. The molecule has 118 valence electrons. The summed E-state index contributed by atoms with van der Waals surface area (Å²) in [5.41, 5.74) is -0.449. The second-order valence-corrected chi connectivity index (χ2v) is 8.10. The monoisotopic (exact) mass is 374 g/mol. The molecule has 4 rings (SSSR count). The van der Waals surface area contributed by atoms with Crippen LogP contribution in [0.1, 0.15) is 6.92 Å². The quantitative estimate of drug-likeness (QED) is 0.482. The highest BCUT2D eigenvalue weighted by molar-refractivity contribution is 9.10. The van der Waals surface area contributed by atoms with Gasteiger partial charge in [0.05, 0.1) is 34.3 Å². The van der Waals surface area contributed by atoms with Crippen molar-refractivity contribution < 1.29 is 5.11 Å². The average Bonchev–Trinajstić information content (AvgIpc) is 2.53. The Morgan fingerprint density at radius 1 is 1.09 bits per heavy atom. The fraction of sp³-hybridized carbons (Fsp3) is 0.294. The summed E-state index contributed by atoms with van der Waals surface area (Å²) in [4.78, 5) is 25.7. The van der Waals surface area contributed by atoms with Gasteiger partial charge in [-0.05, 0) is 29.8 Å². The van der Waals surface area contributed by atoms with E-state index < -0.39 is 10.4 Å². The maximum atomic E-state index is 12.9. The molecule has 1 aromatic heterocycles. The van der Waals surface area contributed by atoms with Gasteiger partial charge in [0, 0.05) is 0 Å². The molecule has 0 spiro atoms. The van der Waals surface area contributed by atoms with E-state index in [1.165, 1.54) is 9.36 Å². The van der Waals surface area contributed by atoms with E-state index in [9.17, 15) is 14.7 Å². The van der Waals surface area contributed by atoms with E-state index in [4.69, 9.17) is 0 Å². The molecule has 2 aromatic carbocycles. The Hall–Kier alpha value is -1.92. The van der Waals surface area contributed by atoms with Crippen molar-refractivity contribution >= 4 is 37.5 Å². The van der Waals surface area contributed by atoms with E-state index in [0.29, 0.717) is 10.8 Å². The van der Waals surface area contributed by atoms with Crippen molar-refractivity contribution in [1.82, 2.24) is 9.36 Å². The Kier molecular flexibility index (Phi) is 3.05. The topological polar surface area (TPSA) is 64.2 Å². The molecule has 0 saturated carbocycles. The lowest BCUT2D eigenvalue weighted by atomic mass is 10.0. The molecule has 2 heterocycles. The summed E-state index contributed by atoms with van der Waals surface area (Å²) in [7, 11) is 0. The van der Waals surface area contributed by atoms with Crippen molar-refractivity contribution in [3.8, 4) is 0 Å². The molecule has 0 aliphatic carbocycles. The highest BCUT2D eigenvalue weighted by Gasteiger charge is 2.37. The summed E-state index contributed by atoms with van der Waals surface area (Å²) in [6.07, 6.45) is -0.738. The van der Waals surface area contributed by atoms with Gasteiger partial charge >= 0.3 is 0 Å². The number of benzene rings is 2. The molecule has 0 amide bonds. The lowest BCUT2D eigenvalue weighted by Gasteiger charge is -2.36. The SMILES string of the molecule is C[C@]1(Br)Cn2c(=O)c3cc4ccccc4cc3c(=O)n2C[C@@H]1O. The van der Waals surface area contributed by atoms with Gasteiger partial charge < -0.3 is 5.11 Å². The van der Waals surface area contributed by atoms with Crippen LogP contribution in [0.4, 0.5) is 0 Å². The average molecular weight is 375 g/mol. The summed E-state index contributed by atoms with van der Waals surface area (Å²) >= 11 is 3.47. The van der Waals surface area contributed by atoms with Crippen LogP contribution in [0.2, 0.25) is 0 Å². The first-order valence-corrected chi connectivity index (χ1v) is 8.21. The summed E-state index contributed by atoms with van der Waals surface area (Å²) in [6, 6.07) is 11.2. The number of rotatable bonds is 0. The van der Waals surface area contributed by atoms with E-state index in [1.807, 2.05) is 31.2 Å². The molecule has 0 bridgehead atoms. The van der Waals surface area contributed by atoms with Gasteiger partial charge in [-0.3, -0.25) is 9.59 Å². The van der Waals surface area contributed by atoms with Crippen LogP contribution in [0.5, 0.6) is 0 Å². The fourth-order valence-corrected chi connectivity index (χ4v) is 3.56. The van der Waals surface area contributed by atoms with Gasteiger partial charge in [0.25, 0.3) is 11.1 Å². The minimum absolute atomic E-state index is 0.0958. The number of hydrogen-bond acceptors (Lipinski definition) is 3. The third-order valence-corrected chi connectivity index (χ3v) is 5.39. The van der Waals surface area contributed by atoms with Crippen molar-refractivity contribution in [2.75, 3.05) is 0 Å². The third-order valence-electron chi connectivity index (χ3n) is 4.61. The Balaban J connectivity index is 2.14. The number of aliphatic hydroxyl groups excluding tert-OH is 1. The van der Waals surface area contributed by atoms with E-state index in [1.54, 1.807) is 12.1 Å². The Labute approximate surface area is 139 Å². The molecule has 1 aliphatic heterocycles. The number of aromatic nitrogens is 2. The number of halogens is 1. The van der Waals surface area contributed by atoms with Gasteiger partial charge in [0.2, 0.25) is 0 Å². The lowest BCUT2D eigenvalue weighted by Crippen LogP contribution is -2.54. The molecule has 1 aliphatic rings. The van der Waals surface area contributed by atoms with Crippen LogP contribution in [0.25, 0.3) is 21.5 Å². The molecule has 2 atom stereocenters. The zero-order valence-electron chi connectivity index (χ0n) is 12.5. The first kappa shape index (κ1) is 14.7. The van der Waals surface area contributed by atoms with Crippen LogP contribution in [0.3, 0.4) is 0 Å². The molecule has 3 aromatic rings. The second kappa shape index (κ2) is 4.79. The van der Waals surface area contributed by atoms with E-state index >= 15 is 0 Å². The summed E-state index contributed by atoms with van der Waals surface area (Å²) < 4.78 is 2.15. The number of fused-ring (bicyclic) bond motifs is 3. The molecule has 0 saturated heterocycles. The van der Waals surface area contributed by atoms with Crippen molar-refractivity contribution in [1.29, 1.82) is 0 Å². The summed E-state index contributed by atoms with van der Waals surface area (Å²) in [5.74, 6) is 0. The van der Waals surface area contributed by atoms with Crippen LogP contribution >= 0.6 is 15.9 Å². The molecule has 6 heteroatoms. The third kappa shape index (κ3) is 2.09. The largest absolute Gasteiger partial charge is 0.390 e. The van der Waals surface area contributed by atoms with Gasteiger partial charge in [-0.25, -0.2) is 9.36 Å². The van der Waals surface area contributed by atoms with Crippen LogP contribution in [0.15, 0.2) is 46.0 Å². The van der Waals surface area contributed by atoms with Crippen molar-refractivity contribution in [2.24, 2.45) is 0 Å². The maximum absolute atomic E-state index is 12.9. The number of nitrogens with zero attached hydrogens (tertiary/aromatic N) is 2. The molecule has 5 nitrogen and oxygen atoms in total. The summed E-state index contributed by atoms with van der Waals surface area (Å²) in [5, 5.41) is 12.9. The van der Waals surface area contributed by atoms with Crippen molar-refractivity contribution in [2.45, 2.75) is 30.4 Å². The second-order valence-electron chi connectivity index (χ2n) is 6.29. The first-order valence-electron chi connectivity index (χ1n) is 7.42. The first-order chi connectivity index (χ1) is 10.9. The minimum atomic E-state index is -0.738. The normalized spacial score (nSPS) is 24.0. The predicted octanol–water partition coefficient (Wildman–Crippen LogP) is 1.84. The standard InChI is InChI=1S/C17H15BrN2O3/c1-17(18)9-20-16(23)13-7-11-5-3-2-4-10(11)6-12(13)15(22)19(20)8-14(17)21/h2-7,14,21H,8-9H2,1H3/t14-,17-/m0/s1. The van der Waals surface area contributed by atoms with Gasteiger partial charge in [0.1, 0.15) is 0 Å². The Bertz CT molecular complexity index is 1070. The number of aliphatic hydroxyl groups is 1. The van der Waals surface area contributed by atoms with Crippen LogP contribution in [0, 0.1) is 0 Å². The fourth-order valence-electron chi connectivity index (χ4n) is 3.18. The van der Waals surface area contributed by atoms with E-state index in [0.717, 1.165) is 10.8 Å². The number of hydrogen-bond donors (Lipinski definition) is 1. The van der Waals surface area contributed by atoms with Gasteiger partial charge in [-0.2, -0.15) is 0 Å². The van der Waals surface area contributed by atoms with Crippen molar-refractivity contribution in [3.05, 3.63) is 57.1 Å². The minimum Gasteiger partial charge on any atom is -0.390 e. The smallest absolute Gasteiger partial charge is 0.273 e. The molecule has 0 radical (unpaired) electrons. The van der Waals surface area contributed by atoms with E-state index in [-0.39, 0.29) is 24.2 Å². The zero-order valence-corrected chi connectivity index (χ0v) is 14.1. The lowest BCUT2D eigenvalue weighted by molar-refractivity contribution is 0.0677. The Morgan fingerprint density at radius 3 is 2.17 bits per heavy atom. The highest BCUT2D eigenvalue weighted by atomic mass is 79.9. The highest BCUT2D eigenvalue weighted by Crippen LogP contribution is 2.28. The van der Waals surface area contributed by atoms with Crippen LogP contribution in [-0.4, -0.2) is 24.9 Å². The van der Waals surface area contributed by atoms with Gasteiger partial charge in [-0.15, -0.1) is 0 Å². The Morgan fingerprint density at radius 2 is 1.61 bits per heavy atom. The van der Waals surface area contributed by atoms with Gasteiger partial charge in [-0.1, -0.05) is 40.2 Å². The summed E-state index contributed by atoms with van der Waals surface area (Å²) in [6.45, 7) is 2.16. The molecule has 0 unspecified atom stereocenters.